The van der Waals surface area contributed by atoms with Gasteiger partial charge in [-0.05, 0) is 68.0 Å². The Morgan fingerprint density at radius 1 is 0.969 bits per heavy atom. The van der Waals surface area contributed by atoms with Gasteiger partial charge in [0.25, 0.3) is 0 Å². The first-order chi connectivity index (χ1) is 15.5. The SMILES string of the molecule is COc1ccc(-c2ccccc2)cc1NC(=O)Nc1ccc(N2CCC(N(C)C)C2)cc1. The molecule has 166 valence electrons. The van der Waals surface area contributed by atoms with E-state index in [1.165, 1.54) is 12.1 Å². The summed E-state index contributed by atoms with van der Waals surface area (Å²) in [6.07, 6.45) is 1.17. The number of hydrogen-bond acceptors (Lipinski definition) is 4. The highest BCUT2D eigenvalue weighted by Gasteiger charge is 2.24. The highest BCUT2D eigenvalue weighted by Crippen LogP contribution is 2.31. The lowest BCUT2D eigenvalue weighted by Crippen LogP contribution is -2.31. The first-order valence-corrected chi connectivity index (χ1v) is 10.9. The third-order valence-corrected chi connectivity index (χ3v) is 5.94. The van der Waals surface area contributed by atoms with E-state index < -0.39 is 0 Å². The molecule has 0 aromatic heterocycles. The first kappa shape index (κ1) is 21.7. The molecule has 1 heterocycles. The van der Waals surface area contributed by atoms with Crippen LogP contribution in [0.5, 0.6) is 5.75 Å². The second-order valence-electron chi connectivity index (χ2n) is 8.26. The fourth-order valence-corrected chi connectivity index (χ4v) is 4.05. The lowest BCUT2D eigenvalue weighted by atomic mass is 10.0. The van der Waals surface area contributed by atoms with Crippen molar-refractivity contribution in [3.05, 3.63) is 72.8 Å². The van der Waals surface area contributed by atoms with Crippen LogP contribution >= 0.6 is 0 Å². The quantitative estimate of drug-likeness (QED) is 0.568. The number of benzene rings is 3. The van der Waals surface area contributed by atoms with Crippen molar-refractivity contribution in [2.75, 3.05) is 49.8 Å². The van der Waals surface area contributed by atoms with Gasteiger partial charge in [0.15, 0.2) is 0 Å². The number of nitrogens with one attached hydrogen (secondary N) is 2. The molecular weight excluding hydrogens is 400 g/mol. The highest BCUT2D eigenvalue weighted by molar-refractivity contribution is 6.01. The number of urea groups is 1. The molecule has 1 saturated heterocycles. The Labute approximate surface area is 189 Å². The van der Waals surface area contributed by atoms with Crippen LogP contribution in [0.15, 0.2) is 72.8 Å². The van der Waals surface area contributed by atoms with Crippen molar-refractivity contribution in [3.63, 3.8) is 0 Å². The summed E-state index contributed by atoms with van der Waals surface area (Å²) in [6, 6.07) is 24.1. The Morgan fingerprint density at radius 3 is 2.38 bits per heavy atom. The summed E-state index contributed by atoms with van der Waals surface area (Å²) in [5.74, 6) is 0.611. The molecule has 6 heteroatoms. The number of carbonyl (C=O) groups is 1. The van der Waals surface area contributed by atoms with E-state index in [1.807, 2.05) is 60.7 Å². The molecule has 2 N–H and O–H groups in total. The number of amides is 2. The molecule has 1 aliphatic heterocycles. The molecule has 0 radical (unpaired) electrons. The summed E-state index contributed by atoms with van der Waals surface area (Å²) in [7, 11) is 5.85. The van der Waals surface area contributed by atoms with Crippen LogP contribution in [0.2, 0.25) is 0 Å². The molecule has 2 amide bonds. The topological polar surface area (TPSA) is 56.8 Å². The molecule has 1 atom stereocenters. The zero-order valence-corrected chi connectivity index (χ0v) is 18.8. The van der Waals surface area contributed by atoms with Gasteiger partial charge in [-0.2, -0.15) is 0 Å². The fraction of sp³-hybridized carbons (Fsp3) is 0.269. The van der Waals surface area contributed by atoms with Gasteiger partial charge in [-0.25, -0.2) is 4.79 Å². The third kappa shape index (κ3) is 5.03. The molecule has 1 aliphatic rings. The van der Waals surface area contributed by atoms with Crippen molar-refractivity contribution in [1.29, 1.82) is 0 Å². The number of hydrogen-bond donors (Lipinski definition) is 2. The number of ether oxygens (including phenoxy) is 1. The van der Waals surface area contributed by atoms with Crippen LogP contribution in [0.1, 0.15) is 6.42 Å². The number of likely N-dealkylation sites (N-methyl/N-ethyl adjacent to an activating group) is 1. The lowest BCUT2D eigenvalue weighted by Gasteiger charge is -2.22. The van der Waals surface area contributed by atoms with E-state index in [0.29, 0.717) is 17.5 Å². The van der Waals surface area contributed by atoms with E-state index in [2.05, 4.69) is 46.7 Å². The normalized spacial score (nSPS) is 15.6. The minimum absolute atomic E-state index is 0.310. The average Bonchev–Trinajstić information content (AvgIpc) is 3.31. The Balaban J connectivity index is 1.41. The highest BCUT2D eigenvalue weighted by atomic mass is 16.5. The maximum atomic E-state index is 12.7. The maximum absolute atomic E-state index is 12.7. The average molecular weight is 431 g/mol. The summed E-state index contributed by atoms with van der Waals surface area (Å²) >= 11 is 0. The smallest absolute Gasteiger partial charge is 0.323 e. The van der Waals surface area contributed by atoms with Crippen molar-refractivity contribution in [2.24, 2.45) is 0 Å². The van der Waals surface area contributed by atoms with Gasteiger partial charge in [0.1, 0.15) is 5.75 Å². The van der Waals surface area contributed by atoms with Gasteiger partial charge < -0.3 is 25.2 Å². The van der Waals surface area contributed by atoms with Gasteiger partial charge >= 0.3 is 6.03 Å². The summed E-state index contributed by atoms with van der Waals surface area (Å²) in [6.45, 7) is 2.07. The molecule has 0 spiro atoms. The Hall–Kier alpha value is -3.51. The monoisotopic (exact) mass is 430 g/mol. The first-order valence-electron chi connectivity index (χ1n) is 10.9. The number of rotatable bonds is 6. The summed E-state index contributed by atoms with van der Waals surface area (Å²) < 4.78 is 5.43. The van der Waals surface area contributed by atoms with Crippen LogP contribution in [0, 0.1) is 0 Å². The van der Waals surface area contributed by atoms with Crippen molar-refractivity contribution < 1.29 is 9.53 Å². The largest absolute Gasteiger partial charge is 0.495 e. The third-order valence-electron chi connectivity index (χ3n) is 5.94. The van der Waals surface area contributed by atoms with Gasteiger partial charge in [0.05, 0.1) is 12.8 Å². The number of anilines is 3. The Bertz CT molecular complexity index is 1050. The standard InChI is InChI=1S/C26H30N4O2/c1-29(2)23-15-16-30(18-23)22-12-10-21(11-13-22)27-26(31)28-24-17-20(9-14-25(24)32-3)19-7-5-4-6-8-19/h4-14,17,23H,15-16,18H2,1-3H3,(H2,27,28,31). The van der Waals surface area contributed by atoms with Gasteiger partial charge in [-0.3, -0.25) is 0 Å². The van der Waals surface area contributed by atoms with E-state index in [9.17, 15) is 4.79 Å². The second-order valence-corrected chi connectivity index (χ2v) is 8.26. The van der Waals surface area contributed by atoms with E-state index in [0.717, 1.165) is 29.9 Å². The maximum Gasteiger partial charge on any atom is 0.323 e. The number of carbonyl (C=O) groups excluding carboxylic acids is 1. The minimum Gasteiger partial charge on any atom is -0.495 e. The Morgan fingerprint density at radius 2 is 1.72 bits per heavy atom. The molecule has 3 aromatic carbocycles. The summed E-state index contributed by atoms with van der Waals surface area (Å²) in [5, 5.41) is 5.83. The van der Waals surface area contributed by atoms with Gasteiger partial charge in [0.2, 0.25) is 0 Å². The zero-order valence-electron chi connectivity index (χ0n) is 18.8. The summed E-state index contributed by atoms with van der Waals surface area (Å²) in [4.78, 5) is 17.3. The van der Waals surface area contributed by atoms with Crippen LogP contribution in [-0.2, 0) is 0 Å². The predicted octanol–water partition coefficient (Wildman–Crippen LogP) is 5.15. The van der Waals surface area contributed by atoms with Crippen LogP contribution < -0.4 is 20.3 Å². The molecule has 32 heavy (non-hydrogen) atoms. The molecular formula is C26H30N4O2. The van der Waals surface area contributed by atoms with Crippen molar-refractivity contribution in [1.82, 2.24) is 4.90 Å². The van der Waals surface area contributed by atoms with Gasteiger partial charge in [-0.1, -0.05) is 36.4 Å². The van der Waals surface area contributed by atoms with Crippen molar-refractivity contribution in [3.8, 4) is 16.9 Å². The van der Waals surface area contributed by atoms with E-state index >= 15 is 0 Å². The molecule has 1 unspecified atom stereocenters. The van der Waals surface area contributed by atoms with E-state index in [4.69, 9.17) is 4.74 Å². The van der Waals surface area contributed by atoms with Gasteiger partial charge in [0, 0.05) is 30.5 Å². The van der Waals surface area contributed by atoms with Crippen LogP contribution in [0.3, 0.4) is 0 Å². The minimum atomic E-state index is -0.310. The van der Waals surface area contributed by atoms with Crippen LogP contribution in [0.4, 0.5) is 21.9 Å². The summed E-state index contributed by atoms with van der Waals surface area (Å²) in [5.41, 5.74) is 4.63. The molecule has 4 rings (SSSR count). The number of methoxy groups -OCH3 is 1. The molecule has 6 nitrogen and oxygen atoms in total. The van der Waals surface area contributed by atoms with Crippen LogP contribution in [-0.4, -0.2) is 51.3 Å². The zero-order chi connectivity index (χ0) is 22.5. The van der Waals surface area contributed by atoms with E-state index in [1.54, 1.807) is 7.11 Å². The molecule has 0 saturated carbocycles. The van der Waals surface area contributed by atoms with Crippen LogP contribution in [0.25, 0.3) is 11.1 Å². The molecule has 3 aromatic rings. The molecule has 0 bridgehead atoms. The van der Waals surface area contributed by atoms with E-state index in [-0.39, 0.29) is 6.03 Å². The number of nitrogens with zero attached hydrogens (tertiary/aromatic N) is 2. The van der Waals surface area contributed by atoms with Gasteiger partial charge in [-0.15, -0.1) is 0 Å². The molecule has 1 fully saturated rings. The lowest BCUT2D eigenvalue weighted by molar-refractivity contribution is 0.262. The molecule has 0 aliphatic carbocycles. The van der Waals surface area contributed by atoms with Crippen molar-refractivity contribution in [2.45, 2.75) is 12.5 Å². The predicted molar refractivity (Wildman–Crippen MR) is 132 cm³/mol. The van der Waals surface area contributed by atoms with Crippen molar-refractivity contribution >= 4 is 23.1 Å². The second kappa shape index (κ2) is 9.75. The fourth-order valence-electron chi connectivity index (χ4n) is 4.05. The Kier molecular flexibility index (Phi) is 6.61.